The molecule has 1 amide bonds. The number of nitrogens with zero attached hydrogens (tertiary/aromatic N) is 2. The quantitative estimate of drug-likeness (QED) is 0.905. The van der Waals surface area contributed by atoms with Crippen LogP contribution in [0.25, 0.3) is 5.69 Å². The van der Waals surface area contributed by atoms with Gasteiger partial charge in [-0.1, -0.05) is 19.9 Å². The van der Waals surface area contributed by atoms with E-state index in [4.69, 9.17) is 4.74 Å². The van der Waals surface area contributed by atoms with E-state index in [1.54, 1.807) is 24.1 Å². The summed E-state index contributed by atoms with van der Waals surface area (Å²) in [6.07, 6.45) is 3.79. The number of ether oxygens (including phenoxy) is 1. The van der Waals surface area contributed by atoms with Crippen molar-refractivity contribution in [3.05, 3.63) is 47.5 Å². The lowest BCUT2D eigenvalue weighted by Gasteiger charge is -2.36. The Morgan fingerprint density at radius 1 is 1.48 bits per heavy atom. The maximum absolute atomic E-state index is 13.6. The van der Waals surface area contributed by atoms with Crippen LogP contribution in [0.3, 0.4) is 0 Å². The second-order valence-corrected chi connectivity index (χ2v) is 7.35. The fourth-order valence-electron chi connectivity index (χ4n) is 3.46. The van der Waals surface area contributed by atoms with Gasteiger partial charge < -0.3 is 10.1 Å². The Bertz CT molecular complexity index is 770. The number of nitrogens with one attached hydrogen (secondary N) is 1. The lowest BCUT2D eigenvalue weighted by Crippen LogP contribution is -2.37. The van der Waals surface area contributed by atoms with Gasteiger partial charge in [0.15, 0.2) is 0 Å². The third kappa shape index (κ3) is 3.90. The van der Waals surface area contributed by atoms with Crippen molar-refractivity contribution in [3.8, 4) is 5.69 Å². The first kappa shape index (κ1) is 17.6. The summed E-state index contributed by atoms with van der Waals surface area (Å²) in [6.45, 7) is 4.75. The molecule has 1 unspecified atom stereocenters. The largest absolute Gasteiger partial charge is 0.384 e. The number of aromatic nitrogens is 2. The molecule has 0 radical (unpaired) electrons. The number of hydrogen-bond donors (Lipinski definition) is 1. The van der Waals surface area contributed by atoms with Crippen LogP contribution in [-0.4, -0.2) is 29.4 Å². The molecule has 1 N–H and O–H groups in total. The number of carbonyl (C=O) groups excluding carboxylic acids is 1. The van der Waals surface area contributed by atoms with Gasteiger partial charge in [0, 0.05) is 19.1 Å². The predicted octanol–water partition coefficient (Wildman–Crippen LogP) is 3.18. The Balaban J connectivity index is 1.92. The van der Waals surface area contributed by atoms with Gasteiger partial charge in [0.25, 0.3) is 0 Å². The molecule has 0 bridgehead atoms. The monoisotopic (exact) mass is 345 g/mol. The highest BCUT2D eigenvalue weighted by molar-refractivity contribution is 5.76. The van der Waals surface area contributed by atoms with Crippen molar-refractivity contribution in [3.63, 3.8) is 0 Å². The van der Waals surface area contributed by atoms with Gasteiger partial charge in [-0.3, -0.25) is 4.79 Å². The molecule has 1 atom stereocenters. The van der Waals surface area contributed by atoms with Crippen molar-refractivity contribution in [1.82, 2.24) is 15.1 Å². The normalized spacial score (nSPS) is 18.6. The number of methoxy groups -OCH3 is 1. The Morgan fingerprint density at radius 3 is 3.00 bits per heavy atom. The van der Waals surface area contributed by atoms with E-state index in [2.05, 4.69) is 24.3 Å². The average Bonchev–Trinajstić information content (AvgIpc) is 2.95. The van der Waals surface area contributed by atoms with Crippen molar-refractivity contribution in [2.24, 2.45) is 5.41 Å². The first-order valence-corrected chi connectivity index (χ1v) is 8.51. The topological polar surface area (TPSA) is 56.1 Å². The molecule has 2 aromatic rings. The minimum atomic E-state index is -0.291. The minimum absolute atomic E-state index is 0.0112. The number of rotatable bonds is 5. The van der Waals surface area contributed by atoms with Gasteiger partial charge in [0.05, 0.1) is 30.2 Å². The molecule has 6 heteroatoms. The van der Waals surface area contributed by atoms with E-state index in [1.807, 2.05) is 6.07 Å². The fourth-order valence-corrected chi connectivity index (χ4v) is 3.46. The molecular weight excluding hydrogens is 321 g/mol. The molecule has 1 aromatic carbocycles. The number of carbonyl (C=O) groups is 1. The number of hydrogen-bond acceptors (Lipinski definition) is 3. The van der Waals surface area contributed by atoms with E-state index >= 15 is 0 Å². The maximum Gasteiger partial charge on any atom is 0.222 e. The van der Waals surface area contributed by atoms with Crippen molar-refractivity contribution in [1.29, 1.82) is 0 Å². The van der Waals surface area contributed by atoms with Gasteiger partial charge in [0.2, 0.25) is 5.91 Å². The molecule has 1 heterocycles. The number of halogens is 1. The van der Waals surface area contributed by atoms with Crippen LogP contribution >= 0.6 is 0 Å². The third-order valence-electron chi connectivity index (χ3n) is 4.60. The average molecular weight is 345 g/mol. The van der Waals surface area contributed by atoms with Gasteiger partial charge >= 0.3 is 0 Å². The van der Waals surface area contributed by atoms with Gasteiger partial charge in [-0.05, 0) is 36.5 Å². The minimum Gasteiger partial charge on any atom is -0.384 e. The van der Waals surface area contributed by atoms with Crippen molar-refractivity contribution >= 4 is 5.91 Å². The van der Waals surface area contributed by atoms with Crippen LogP contribution in [0.5, 0.6) is 0 Å². The van der Waals surface area contributed by atoms with Gasteiger partial charge in [-0.2, -0.15) is 5.10 Å². The highest BCUT2D eigenvalue weighted by Gasteiger charge is 2.35. The summed E-state index contributed by atoms with van der Waals surface area (Å²) in [7, 11) is 1.58. The molecule has 1 aliphatic rings. The summed E-state index contributed by atoms with van der Waals surface area (Å²) in [6, 6.07) is 6.31. The van der Waals surface area contributed by atoms with E-state index < -0.39 is 0 Å². The molecule has 1 aromatic heterocycles. The van der Waals surface area contributed by atoms with Gasteiger partial charge in [0.1, 0.15) is 5.82 Å². The lowest BCUT2D eigenvalue weighted by molar-refractivity contribution is -0.123. The summed E-state index contributed by atoms with van der Waals surface area (Å²) in [5.74, 6) is -0.324. The molecular formula is C19H24FN3O2. The Morgan fingerprint density at radius 2 is 2.28 bits per heavy atom. The number of amides is 1. The summed E-state index contributed by atoms with van der Waals surface area (Å²) in [5, 5.41) is 7.56. The highest BCUT2D eigenvalue weighted by atomic mass is 19.1. The number of benzene rings is 1. The molecule has 0 aliphatic heterocycles. The Kier molecular flexibility index (Phi) is 4.90. The van der Waals surface area contributed by atoms with E-state index in [-0.39, 0.29) is 23.2 Å². The second-order valence-electron chi connectivity index (χ2n) is 7.35. The van der Waals surface area contributed by atoms with Crippen LogP contribution in [0.1, 0.15) is 44.0 Å². The zero-order chi connectivity index (χ0) is 18.0. The van der Waals surface area contributed by atoms with Crippen LogP contribution in [0.15, 0.2) is 30.5 Å². The summed E-state index contributed by atoms with van der Waals surface area (Å²) in [5.41, 5.74) is 2.74. The molecule has 134 valence electrons. The fraction of sp³-hybridized carbons (Fsp3) is 0.474. The smallest absolute Gasteiger partial charge is 0.222 e. The zero-order valence-corrected chi connectivity index (χ0v) is 14.9. The van der Waals surface area contributed by atoms with E-state index in [1.165, 1.54) is 12.1 Å². The van der Waals surface area contributed by atoms with Crippen molar-refractivity contribution in [2.45, 2.75) is 39.2 Å². The first-order valence-electron chi connectivity index (χ1n) is 8.51. The summed E-state index contributed by atoms with van der Waals surface area (Å²) >= 11 is 0. The Labute approximate surface area is 147 Å². The predicted molar refractivity (Wildman–Crippen MR) is 93.0 cm³/mol. The standard InChI is InChI=1S/C19H24FN3O2/c1-19(2)10-16(22-18(24)7-8-25-3)15-12-21-23(17(15)11-19)14-6-4-5-13(20)9-14/h4-6,9,12,16H,7-8,10-11H2,1-3H3,(H,22,24). The van der Waals surface area contributed by atoms with Crippen LogP contribution < -0.4 is 5.32 Å². The lowest BCUT2D eigenvalue weighted by atomic mass is 9.74. The highest BCUT2D eigenvalue weighted by Crippen LogP contribution is 2.41. The van der Waals surface area contributed by atoms with Gasteiger partial charge in [-0.25, -0.2) is 9.07 Å². The summed E-state index contributed by atoms with van der Waals surface area (Å²) in [4.78, 5) is 12.1. The van der Waals surface area contributed by atoms with E-state index in [0.29, 0.717) is 18.7 Å². The second kappa shape index (κ2) is 6.96. The molecule has 0 fully saturated rings. The molecule has 0 spiro atoms. The molecule has 0 saturated heterocycles. The van der Waals surface area contributed by atoms with Crippen molar-refractivity contribution < 1.29 is 13.9 Å². The van der Waals surface area contributed by atoms with Crippen LogP contribution in [0.2, 0.25) is 0 Å². The molecule has 1 aliphatic carbocycles. The molecule has 25 heavy (non-hydrogen) atoms. The number of fused-ring (bicyclic) bond motifs is 1. The maximum atomic E-state index is 13.6. The van der Waals surface area contributed by atoms with Crippen LogP contribution in [-0.2, 0) is 16.0 Å². The SMILES string of the molecule is COCCC(=O)NC1CC(C)(C)Cc2c1cnn2-c1cccc(F)c1. The van der Waals surface area contributed by atoms with Crippen LogP contribution in [0, 0.1) is 11.2 Å². The van der Waals surface area contributed by atoms with Gasteiger partial charge in [-0.15, -0.1) is 0 Å². The summed E-state index contributed by atoms with van der Waals surface area (Å²) < 4.78 is 20.4. The zero-order valence-electron chi connectivity index (χ0n) is 14.9. The first-order chi connectivity index (χ1) is 11.9. The van der Waals surface area contributed by atoms with Crippen molar-refractivity contribution in [2.75, 3.05) is 13.7 Å². The molecule has 3 rings (SSSR count). The van der Waals surface area contributed by atoms with E-state index in [0.717, 1.165) is 24.1 Å². The Hall–Kier alpha value is -2.21. The molecule has 5 nitrogen and oxygen atoms in total. The molecule has 0 saturated carbocycles. The van der Waals surface area contributed by atoms with E-state index in [9.17, 15) is 9.18 Å². The van der Waals surface area contributed by atoms with Crippen LogP contribution in [0.4, 0.5) is 4.39 Å². The third-order valence-corrected chi connectivity index (χ3v) is 4.60.